The fourth-order valence-electron chi connectivity index (χ4n) is 7.99. The van der Waals surface area contributed by atoms with Crippen LogP contribution in [-0.2, 0) is 0 Å². The van der Waals surface area contributed by atoms with Gasteiger partial charge in [0.25, 0.3) is 0 Å². The first kappa shape index (κ1) is 36.7. The average molecular weight is 735 g/mol. The number of rotatable bonds is 8. The molecule has 8 rings (SSSR count). The summed E-state index contributed by atoms with van der Waals surface area (Å²) in [6, 6.07) is 40.9. The Hall–Kier alpha value is -6.26. The summed E-state index contributed by atoms with van der Waals surface area (Å²) in [5, 5.41) is 0. The molecule has 4 nitrogen and oxygen atoms in total. The molecule has 0 saturated heterocycles. The van der Waals surface area contributed by atoms with Crippen LogP contribution in [0.5, 0.6) is 11.5 Å². The second-order valence-corrected chi connectivity index (χ2v) is 15.5. The van der Waals surface area contributed by atoms with Crippen LogP contribution in [0, 0.1) is 13.8 Å². The average Bonchev–Trinajstić information content (AvgIpc) is 3.21. The molecule has 5 aromatic rings. The topological polar surface area (TPSA) is 24.9 Å². The van der Waals surface area contributed by atoms with Crippen molar-refractivity contribution >= 4 is 33.9 Å². The zero-order chi connectivity index (χ0) is 38.8. The van der Waals surface area contributed by atoms with E-state index in [1.165, 1.54) is 39.0 Å². The summed E-state index contributed by atoms with van der Waals surface area (Å²) >= 11 is 0. The minimum Gasteiger partial charge on any atom is -0.481 e. The lowest BCUT2D eigenvalue weighted by Gasteiger charge is -2.27. The Kier molecular flexibility index (Phi) is 10.4. The highest BCUT2D eigenvalue weighted by Crippen LogP contribution is 2.44. The monoisotopic (exact) mass is 734 g/mol. The van der Waals surface area contributed by atoms with Crippen molar-refractivity contribution in [2.75, 3.05) is 38.0 Å². The normalized spacial score (nSPS) is 17.9. The molecular formula is C52H50N2O2. The third-order valence-electron chi connectivity index (χ3n) is 10.8. The Morgan fingerprint density at radius 1 is 0.625 bits per heavy atom. The predicted molar refractivity (Wildman–Crippen MR) is 236 cm³/mol. The molecule has 0 spiro atoms. The van der Waals surface area contributed by atoms with Gasteiger partial charge in [0.2, 0.25) is 0 Å². The van der Waals surface area contributed by atoms with Gasteiger partial charge in [0.1, 0.15) is 23.4 Å². The smallest absolute Gasteiger partial charge is 0.143 e. The molecule has 0 aromatic heterocycles. The van der Waals surface area contributed by atoms with Gasteiger partial charge >= 0.3 is 0 Å². The Bertz CT molecular complexity index is 2440. The van der Waals surface area contributed by atoms with Crippen molar-refractivity contribution in [2.45, 2.75) is 39.2 Å². The number of nitrogens with zero attached hydrogens (tertiary/aromatic N) is 2. The number of anilines is 2. The summed E-state index contributed by atoms with van der Waals surface area (Å²) in [6.45, 7) is 4.40. The maximum absolute atomic E-state index is 6.65. The first-order valence-electron chi connectivity index (χ1n) is 19.6. The minimum atomic E-state index is -0.174. The molecule has 1 aliphatic carbocycles. The van der Waals surface area contributed by atoms with Crippen molar-refractivity contribution in [3.8, 4) is 11.5 Å². The molecule has 0 radical (unpaired) electrons. The van der Waals surface area contributed by atoms with E-state index in [0.717, 1.165) is 75.7 Å². The molecule has 2 heterocycles. The van der Waals surface area contributed by atoms with Crippen molar-refractivity contribution in [1.82, 2.24) is 0 Å². The fourth-order valence-corrected chi connectivity index (χ4v) is 7.99. The SMILES string of the molecule is Cc1cc(C)cc(C2=C(/C=C/C3=CC(c4ccccc4)Oc4cc(N(C)C)ccc43)CCC/C2=C\C=C2/C=C(c3ccccc3)Oc3cc(N(C)C)ccc32)c1. The molecule has 280 valence electrons. The minimum absolute atomic E-state index is 0.174. The van der Waals surface area contributed by atoms with Crippen LogP contribution in [0.15, 0.2) is 163 Å². The van der Waals surface area contributed by atoms with E-state index in [9.17, 15) is 0 Å². The molecule has 4 heteroatoms. The van der Waals surface area contributed by atoms with Crippen LogP contribution in [0.1, 0.15) is 64.3 Å². The Morgan fingerprint density at radius 2 is 1.29 bits per heavy atom. The highest BCUT2D eigenvalue weighted by molar-refractivity contribution is 5.91. The van der Waals surface area contributed by atoms with Crippen molar-refractivity contribution in [3.05, 3.63) is 202 Å². The first-order valence-corrected chi connectivity index (χ1v) is 19.6. The van der Waals surface area contributed by atoms with Crippen LogP contribution in [0.2, 0.25) is 0 Å². The van der Waals surface area contributed by atoms with Gasteiger partial charge in [0, 0.05) is 68.4 Å². The fraction of sp³-hybridized carbons (Fsp3) is 0.192. The maximum atomic E-state index is 6.65. The number of benzene rings is 5. The van der Waals surface area contributed by atoms with Crippen molar-refractivity contribution in [1.29, 1.82) is 0 Å². The molecule has 0 saturated carbocycles. The summed E-state index contributed by atoms with van der Waals surface area (Å²) < 4.78 is 13.2. The molecular weight excluding hydrogens is 685 g/mol. The molecule has 2 aliphatic heterocycles. The van der Waals surface area contributed by atoms with E-state index >= 15 is 0 Å². The molecule has 56 heavy (non-hydrogen) atoms. The summed E-state index contributed by atoms with van der Waals surface area (Å²) in [5.41, 5.74) is 16.8. The van der Waals surface area contributed by atoms with Gasteiger partial charge in [-0.15, -0.1) is 0 Å². The van der Waals surface area contributed by atoms with Crippen LogP contribution in [0.3, 0.4) is 0 Å². The van der Waals surface area contributed by atoms with Crippen LogP contribution >= 0.6 is 0 Å². The molecule has 3 aliphatic rings. The Labute approximate surface area is 332 Å². The van der Waals surface area contributed by atoms with E-state index < -0.39 is 0 Å². The van der Waals surface area contributed by atoms with Gasteiger partial charge in [-0.1, -0.05) is 114 Å². The van der Waals surface area contributed by atoms with Gasteiger partial charge in [-0.3, -0.25) is 0 Å². The van der Waals surface area contributed by atoms with Gasteiger partial charge in [-0.05, 0) is 109 Å². The lowest BCUT2D eigenvalue weighted by atomic mass is 9.81. The molecule has 5 aromatic carbocycles. The van der Waals surface area contributed by atoms with Crippen LogP contribution < -0.4 is 19.3 Å². The van der Waals surface area contributed by atoms with E-state index in [1.54, 1.807) is 0 Å². The van der Waals surface area contributed by atoms with Crippen LogP contribution in [0.4, 0.5) is 11.4 Å². The van der Waals surface area contributed by atoms with Crippen molar-refractivity contribution < 1.29 is 9.47 Å². The maximum Gasteiger partial charge on any atom is 0.143 e. The third-order valence-corrected chi connectivity index (χ3v) is 10.8. The highest BCUT2D eigenvalue weighted by Gasteiger charge is 2.24. The number of hydrogen-bond donors (Lipinski definition) is 0. The summed E-state index contributed by atoms with van der Waals surface area (Å²) in [6.07, 6.45) is 16.7. The summed E-state index contributed by atoms with van der Waals surface area (Å²) in [7, 11) is 8.27. The van der Waals surface area contributed by atoms with Crippen molar-refractivity contribution in [2.24, 2.45) is 0 Å². The number of aryl methyl sites for hydroxylation is 2. The molecule has 0 N–H and O–H groups in total. The van der Waals surface area contributed by atoms with E-state index in [4.69, 9.17) is 9.47 Å². The molecule has 0 bridgehead atoms. The molecule has 0 fully saturated rings. The van der Waals surface area contributed by atoms with Gasteiger partial charge in [-0.2, -0.15) is 0 Å². The number of hydrogen-bond acceptors (Lipinski definition) is 4. The van der Waals surface area contributed by atoms with E-state index in [2.05, 4.69) is 197 Å². The highest BCUT2D eigenvalue weighted by atomic mass is 16.5. The van der Waals surface area contributed by atoms with Gasteiger partial charge in [-0.25, -0.2) is 0 Å². The number of ether oxygens (including phenoxy) is 2. The van der Waals surface area contributed by atoms with Crippen LogP contribution in [0.25, 0.3) is 22.5 Å². The van der Waals surface area contributed by atoms with Crippen LogP contribution in [-0.4, -0.2) is 28.2 Å². The molecule has 0 amide bonds. The van der Waals surface area contributed by atoms with Gasteiger partial charge in [0.15, 0.2) is 0 Å². The Balaban J connectivity index is 1.25. The lowest BCUT2D eigenvalue weighted by molar-refractivity contribution is 0.251. The first-order chi connectivity index (χ1) is 27.2. The second kappa shape index (κ2) is 15.8. The standard InChI is InChI=1S/C52H50N2O2/c1-35-28-36(2)30-43(29-35)52-39(20-22-41-31-48(37-14-9-7-10-15-37)55-50-33-44(53(3)4)24-26-46(41)50)18-13-19-40(52)21-23-42-32-49(38-16-11-8-12-17-38)56-51-34-45(54(5)6)25-27-47(42)51/h7-12,14-17,20-34,48H,13,18-19H2,1-6H3/b22-20+,40-21+,42-23+. The Morgan fingerprint density at radius 3 is 1.98 bits per heavy atom. The quantitative estimate of drug-likeness (QED) is 0.158. The summed E-state index contributed by atoms with van der Waals surface area (Å²) in [4.78, 5) is 4.24. The predicted octanol–water partition coefficient (Wildman–Crippen LogP) is 12.6. The third kappa shape index (κ3) is 7.79. The second-order valence-electron chi connectivity index (χ2n) is 15.5. The lowest BCUT2D eigenvalue weighted by Crippen LogP contribution is -2.13. The van der Waals surface area contributed by atoms with Crippen molar-refractivity contribution in [3.63, 3.8) is 0 Å². The van der Waals surface area contributed by atoms with Gasteiger partial charge < -0.3 is 19.3 Å². The molecule has 1 atom stereocenters. The van der Waals surface area contributed by atoms with Gasteiger partial charge in [0.05, 0.1) is 0 Å². The summed E-state index contributed by atoms with van der Waals surface area (Å²) in [5.74, 6) is 2.63. The largest absolute Gasteiger partial charge is 0.481 e. The van der Waals surface area contributed by atoms with E-state index in [1.807, 2.05) is 6.07 Å². The number of fused-ring (bicyclic) bond motifs is 2. The zero-order valence-electron chi connectivity index (χ0n) is 33.3. The zero-order valence-corrected chi connectivity index (χ0v) is 33.3. The molecule has 1 unspecified atom stereocenters. The number of allylic oxidation sites excluding steroid dienone is 10. The van der Waals surface area contributed by atoms with E-state index in [0.29, 0.717) is 0 Å². The van der Waals surface area contributed by atoms with E-state index in [-0.39, 0.29) is 6.10 Å².